The summed E-state index contributed by atoms with van der Waals surface area (Å²) in [7, 11) is -1.56. The molecule has 1 saturated heterocycles. The zero-order valence-corrected chi connectivity index (χ0v) is 14.0. The van der Waals surface area contributed by atoms with Crippen molar-refractivity contribution in [3.05, 3.63) is 35.6 Å². The highest BCUT2D eigenvalue weighted by atomic mass is 32.2. The molecule has 0 amide bonds. The van der Waals surface area contributed by atoms with Crippen molar-refractivity contribution in [3.8, 4) is 0 Å². The first-order valence-corrected chi connectivity index (χ1v) is 8.57. The number of halogens is 1. The maximum absolute atomic E-state index is 14.4. The second-order valence-corrected chi connectivity index (χ2v) is 8.54. The topological polar surface area (TPSA) is 72.6 Å². The molecule has 6 heteroatoms. The van der Waals surface area contributed by atoms with Gasteiger partial charge in [0.15, 0.2) is 0 Å². The third kappa shape index (κ3) is 3.25. The Labute approximate surface area is 133 Å². The maximum atomic E-state index is 14.4. The zero-order chi connectivity index (χ0) is 16.5. The maximum Gasteiger partial charge on any atom is 0.126 e. The Morgan fingerprint density at radius 3 is 2.50 bits per heavy atom. The number of aliphatic hydroxyl groups excluding tert-OH is 1. The summed E-state index contributed by atoms with van der Waals surface area (Å²) in [4.78, 5) is 0. The fourth-order valence-electron chi connectivity index (χ4n) is 3.46. The van der Waals surface area contributed by atoms with E-state index in [1.54, 1.807) is 32.0 Å². The number of aliphatic hydroxyl groups is 1. The third-order valence-corrected chi connectivity index (χ3v) is 5.93. The molecule has 3 N–H and O–H groups in total. The van der Waals surface area contributed by atoms with Gasteiger partial charge in [0.05, 0.1) is 35.1 Å². The molecule has 0 aliphatic carbocycles. The van der Waals surface area contributed by atoms with Crippen molar-refractivity contribution in [1.29, 1.82) is 0 Å². The molecule has 1 unspecified atom stereocenters. The molecule has 22 heavy (non-hydrogen) atoms. The molecule has 1 aliphatic rings. The molecule has 4 nitrogen and oxygen atoms in total. The average Bonchev–Trinajstić information content (AvgIpc) is 2.85. The van der Waals surface area contributed by atoms with Crippen LogP contribution in [0.5, 0.6) is 0 Å². The van der Waals surface area contributed by atoms with E-state index in [2.05, 4.69) is 0 Å². The van der Waals surface area contributed by atoms with Gasteiger partial charge in [0.1, 0.15) is 5.82 Å². The molecule has 1 aromatic carbocycles. The largest absolute Gasteiger partial charge is 0.390 e. The Balaban J connectivity index is 2.50. The minimum Gasteiger partial charge on any atom is -0.390 e. The summed E-state index contributed by atoms with van der Waals surface area (Å²) < 4.78 is 30.9. The van der Waals surface area contributed by atoms with Crippen molar-refractivity contribution in [1.82, 2.24) is 0 Å². The SMILES string of the molecule is CC(C)(C[C@](C)(c1ccccc1F)[C@H]1COC[C@H]1O)S(N)=O. The van der Waals surface area contributed by atoms with Gasteiger partial charge >= 0.3 is 0 Å². The lowest BCUT2D eigenvalue weighted by Gasteiger charge is -2.41. The second-order valence-electron chi connectivity index (χ2n) is 6.84. The molecule has 124 valence electrons. The van der Waals surface area contributed by atoms with Gasteiger partial charge in [0, 0.05) is 11.3 Å². The van der Waals surface area contributed by atoms with Gasteiger partial charge in [0.25, 0.3) is 0 Å². The van der Waals surface area contributed by atoms with Gasteiger partial charge in [-0.1, -0.05) is 25.1 Å². The highest BCUT2D eigenvalue weighted by Gasteiger charge is 2.48. The van der Waals surface area contributed by atoms with Gasteiger partial charge in [0.2, 0.25) is 0 Å². The minimum absolute atomic E-state index is 0.237. The summed E-state index contributed by atoms with van der Waals surface area (Å²) in [6.45, 7) is 6.07. The van der Waals surface area contributed by atoms with E-state index >= 15 is 0 Å². The molecule has 1 aromatic rings. The number of rotatable bonds is 5. The standard InChI is InChI=1S/C16H24FNO3S/c1-15(2,22(18)20)10-16(3,12-8-21-9-14(12)19)11-6-4-5-7-13(11)17/h4-7,12,14,19H,8-10,18H2,1-3H3/t12-,14+,16+,22?/m0/s1. The van der Waals surface area contributed by atoms with Crippen molar-refractivity contribution in [2.75, 3.05) is 13.2 Å². The fourth-order valence-corrected chi connectivity index (χ4v) is 3.90. The quantitative estimate of drug-likeness (QED) is 0.866. The van der Waals surface area contributed by atoms with Crippen LogP contribution in [0.25, 0.3) is 0 Å². The number of ether oxygens (including phenoxy) is 1. The van der Waals surface area contributed by atoms with Gasteiger partial charge in [-0.3, -0.25) is 5.14 Å². The van der Waals surface area contributed by atoms with Crippen LogP contribution in [0.4, 0.5) is 4.39 Å². The summed E-state index contributed by atoms with van der Waals surface area (Å²) in [5.74, 6) is -0.602. The average molecular weight is 329 g/mol. The number of nitrogens with two attached hydrogens (primary N) is 1. The third-order valence-electron chi connectivity index (χ3n) is 4.70. The lowest BCUT2D eigenvalue weighted by atomic mass is 9.66. The zero-order valence-electron chi connectivity index (χ0n) is 13.2. The molecule has 1 heterocycles. The van der Waals surface area contributed by atoms with Crippen LogP contribution in [0.15, 0.2) is 24.3 Å². The van der Waals surface area contributed by atoms with Crippen LogP contribution in [0.1, 0.15) is 32.8 Å². The van der Waals surface area contributed by atoms with E-state index in [4.69, 9.17) is 9.88 Å². The van der Waals surface area contributed by atoms with Gasteiger partial charge in [-0.15, -0.1) is 0 Å². The first kappa shape index (κ1) is 17.5. The fraction of sp³-hybridized carbons (Fsp3) is 0.625. The van der Waals surface area contributed by atoms with Gasteiger partial charge < -0.3 is 9.84 Å². The van der Waals surface area contributed by atoms with Crippen LogP contribution in [0, 0.1) is 11.7 Å². The first-order chi connectivity index (χ1) is 10.2. The van der Waals surface area contributed by atoms with Crippen molar-refractivity contribution in [3.63, 3.8) is 0 Å². The molecule has 1 aliphatic heterocycles. The Hall–Kier alpha value is -0.820. The van der Waals surface area contributed by atoms with E-state index in [0.717, 1.165) is 0 Å². The van der Waals surface area contributed by atoms with E-state index < -0.39 is 27.3 Å². The van der Waals surface area contributed by atoms with Crippen LogP contribution >= 0.6 is 0 Å². The summed E-state index contributed by atoms with van der Waals surface area (Å²) in [6, 6.07) is 6.52. The van der Waals surface area contributed by atoms with E-state index in [1.165, 1.54) is 6.07 Å². The summed E-state index contributed by atoms with van der Waals surface area (Å²) in [6.07, 6.45) is -0.290. The summed E-state index contributed by atoms with van der Waals surface area (Å²) in [5, 5.41) is 15.9. The van der Waals surface area contributed by atoms with Gasteiger partial charge in [-0.05, 0) is 31.9 Å². The number of hydrogen-bond acceptors (Lipinski definition) is 3. The summed E-state index contributed by atoms with van der Waals surface area (Å²) in [5.41, 5.74) is -0.220. The van der Waals surface area contributed by atoms with Crippen molar-refractivity contribution < 1.29 is 18.4 Å². The van der Waals surface area contributed by atoms with E-state index in [-0.39, 0.29) is 18.3 Å². The molecule has 0 saturated carbocycles. The van der Waals surface area contributed by atoms with Crippen LogP contribution in [0.3, 0.4) is 0 Å². The van der Waals surface area contributed by atoms with Crippen molar-refractivity contribution >= 4 is 11.0 Å². The van der Waals surface area contributed by atoms with Crippen molar-refractivity contribution in [2.45, 2.75) is 43.5 Å². The highest BCUT2D eigenvalue weighted by Crippen LogP contribution is 2.44. The van der Waals surface area contributed by atoms with Gasteiger partial charge in [-0.2, -0.15) is 0 Å². The van der Waals surface area contributed by atoms with Crippen molar-refractivity contribution in [2.24, 2.45) is 11.1 Å². The van der Waals surface area contributed by atoms with Crippen LogP contribution in [-0.4, -0.2) is 33.4 Å². The molecule has 0 bridgehead atoms. The molecule has 4 atom stereocenters. The Bertz CT molecular complexity index is 566. The monoisotopic (exact) mass is 329 g/mol. The normalized spacial score (nSPS) is 26.6. The molecular formula is C16H24FNO3S. The molecular weight excluding hydrogens is 305 g/mol. The molecule has 0 aromatic heterocycles. The first-order valence-electron chi connectivity index (χ1n) is 7.35. The molecule has 1 fully saturated rings. The Morgan fingerprint density at radius 1 is 1.36 bits per heavy atom. The Kier molecular flexibility index (Phi) is 5.06. The predicted octanol–water partition coefficient (Wildman–Crippen LogP) is 1.88. The van der Waals surface area contributed by atoms with Crippen LogP contribution in [-0.2, 0) is 21.1 Å². The molecule has 0 radical (unpaired) electrons. The van der Waals surface area contributed by atoms with E-state index in [9.17, 15) is 13.7 Å². The molecule has 2 rings (SSSR count). The lowest BCUT2D eigenvalue weighted by Crippen LogP contribution is -2.47. The predicted molar refractivity (Wildman–Crippen MR) is 85.1 cm³/mol. The van der Waals surface area contributed by atoms with Gasteiger partial charge in [-0.25, -0.2) is 8.60 Å². The van der Waals surface area contributed by atoms with Crippen LogP contribution in [0.2, 0.25) is 0 Å². The number of hydrogen-bond donors (Lipinski definition) is 2. The van der Waals surface area contributed by atoms with E-state index in [1.807, 2.05) is 6.92 Å². The second kappa shape index (κ2) is 6.35. The summed E-state index contributed by atoms with van der Waals surface area (Å²) >= 11 is 0. The van der Waals surface area contributed by atoms with Crippen LogP contribution < -0.4 is 5.14 Å². The molecule has 0 spiro atoms. The minimum atomic E-state index is -1.56. The Morgan fingerprint density at radius 2 is 2.00 bits per heavy atom. The smallest absolute Gasteiger partial charge is 0.126 e. The number of benzene rings is 1. The lowest BCUT2D eigenvalue weighted by molar-refractivity contribution is 0.0892. The van der Waals surface area contributed by atoms with E-state index in [0.29, 0.717) is 18.6 Å². The highest BCUT2D eigenvalue weighted by molar-refractivity contribution is 7.84.